The minimum absolute atomic E-state index is 0.0547. The molecule has 0 saturated carbocycles. The third kappa shape index (κ3) is 6.61. The minimum Gasteiger partial charge on any atom is -0.508 e. The fraction of sp³-hybridized carbons (Fsp3) is 0.312. The van der Waals surface area contributed by atoms with Crippen molar-refractivity contribution in [2.24, 2.45) is 10.9 Å². The van der Waals surface area contributed by atoms with Crippen molar-refractivity contribution in [2.75, 3.05) is 26.7 Å². The molecule has 3 aromatic rings. The quantitative estimate of drug-likeness (QED) is 0.145. The number of hydrogen-bond donors (Lipinski definition) is 5. The molecular weight excluding hydrogens is 618 g/mol. The number of hydroxylamine groups is 2. The summed E-state index contributed by atoms with van der Waals surface area (Å²) in [5.41, 5.74) is 2.25. The Bertz CT molecular complexity index is 1820. The zero-order valence-electron chi connectivity index (χ0n) is 24.9. The maximum Gasteiger partial charge on any atom is 0.321 e. The molecule has 0 spiro atoms. The summed E-state index contributed by atoms with van der Waals surface area (Å²) in [6, 6.07) is 10.5. The molecule has 246 valence electrons. The van der Waals surface area contributed by atoms with Gasteiger partial charge in [0.05, 0.1) is 29.4 Å². The Morgan fingerprint density at radius 2 is 1.94 bits per heavy atom. The molecule has 15 nitrogen and oxygen atoms in total. The first-order valence-corrected chi connectivity index (χ1v) is 14.6. The zero-order valence-corrected chi connectivity index (χ0v) is 24.9. The van der Waals surface area contributed by atoms with Gasteiger partial charge in [0.25, 0.3) is 0 Å². The van der Waals surface area contributed by atoms with Crippen LogP contribution in [0.4, 0.5) is 0 Å². The Morgan fingerprint density at radius 3 is 2.66 bits per heavy atom. The van der Waals surface area contributed by atoms with E-state index in [1.54, 1.807) is 24.5 Å². The molecule has 3 aliphatic rings. The second kappa shape index (κ2) is 13.4. The van der Waals surface area contributed by atoms with Gasteiger partial charge in [-0.1, -0.05) is 12.1 Å². The van der Waals surface area contributed by atoms with Gasteiger partial charge in [0.1, 0.15) is 48.3 Å². The van der Waals surface area contributed by atoms with Crippen LogP contribution in [-0.2, 0) is 23.9 Å². The Balaban J connectivity index is 1.24. The van der Waals surface area contributed by atoms with Crippen LogP contribution in [0.3, 0.4) is 0 Å². The highest BCUT2D eigenvalue weighted by atomic mass is 16.8. The van der Waals surface area contributed by atoms with Crippen LogP contribution in [0.25, 0.3) is 22.1 Å². The number of esters is 1. The van der Waals surface area contributed by atoms with Gasteiger partial charge >= 0.3 is 11.9 Å². The number of nitrogens with zero attached hydrogens (tertiary/aromatic N) is 2. The number of phenolic OH excluding ortho intramolecular Hbond substituents is 1. The highest BCUT2D eigenvalue weighted by molar-refractivity contribution is 5.94. The van der Waals surface area contributed by atoms with Gasteiger partial charge in [-0.15, -0.1) is 0 Å². The van der Waals surface area contributed by atoms with Gasteiger partial charge in [-0.25, -0.2) is 0 Å². The number of carbonyl (C=O) groups excluding carboxylic acids is 1. The van der Waals surface area contributed by atoms with E-state index in [1.165, 1.54) is 48.7 Å². The second-order valence-electron chi connectivity index (χ2n) is 11.0. The molecule has 3 aliphatic heterocycles. The van der Waals surface area contributed by atoms with Crippen molar-refractivity contribution in [3.05, 3.63) is 82.5 Å². The smallest absolute Gasteiger partial charge is 0.321 e. The summed E-state index contributed by atoms with van der Waals surface area (Å²) < 4.78 is 23.0. The molecule has 6 atom stereocenters. The van der Waals surface area contributed by atoms with Crippen LogP contribution in [0.5, 0.6) is 11.5 Å². The Kier molecular flexibility index (Phi) is 9.06. The average Bonchev–Trinajstić information content (AvgIpc) is 3.65. The molecule has 15 heteroatoms. The third-order valence-corrected chi connectivity index (χ3v) is 7.87. The van der Waals surface area contributed by atoms with Gasteiger partial charge in [-0.3, -0.25) is 29.3 Å². The van der Waals surface area contributed by atoms with Crippen molar-refractivity contribution in [1.82, 2.24) is 10.4 Å². The van der Waals surface area contributed by atoms with E-state index in [4.69, 9.17) is 23.5 Å². The van der Waals surface area contributed by atoms with Gasteiger partial charge in [0.2, 0.25) is 6.29 Å². The van der Waals surface area contributed by atoms with Gasteiger partial charge in [0, 0.05) is 24.4 Å². The number of aliphatic carboxylic acids is 1. The molecule has 1 aromatic heterocycles. The fourth-order valence-corrected chi connectivity index (χ4v) is 5.35. The molecule has 0 aliphatic carbocycles. The summed E-state index contributed by atoms with van der Waals surface area (Å²) in [6.45, 7) is -0.485. The van der Waals surface area contributed by atoms with E-state index in [-0.39, 0.29) is 40.0 Å². The summed E-state index contributed by atoms with van der Waals surface area (Å²) in [7, 11) is 1.48. The second-order valence-corrected chi connectivity index (χ2v) is 11.0. The van der Waals surface area contributed by atoms with Crippen LogP contribution in [0.15, 0.2) is 86.5 Å². The predicted octanol–water partition coefficient (Wildman–Crippen LogP) is 0.923. The van der Waals surface area contributed by atoms with Crippen molar-refractivity contribution < 1.29 is 53.5 Å². The van der Waals surface area contributed by atoms with Gasteiger partial charge in [-0.05, 0) is 43.0 Å². The minimum atomic E-state index is -1.62. The number of nitrogens with one attached hydrogen (secondary N) is 1. The number of rotatable bonds is 11. The summed E-state index contributed by atoms with van der Waals surface area (Å²) >= 11 is 0. The lowest BCUT2D eigenvalue weighted by Crippen LogP contribution is -2.62. The molecule has 6 rings (SSSR count). The van der Waals surface area contributed by atoms with Gasteiger partial charge < -0.3 is 44.4 Å². The fourth-order valence-electron chi connectivity index (χ4n) is 5.35. The number of allylic oxidation sites excluding steroid dienone is 1. The number of aromatic hydroxyl groups is 1. The van der Waals surface area contributed by atoms with Gasteiger partial charge in [-0.2, -0.15) is 0 Å². The Hall–Kier alpha value is -5.06. The molecule has 2 aromatic carbocycles. The number of ether oxygens (including phenoxy) is 3. The number of hydrogen-bond acceptors (Lipinski definition) is 14. The number of aliphatic hydroxyl groups is 2. The standard InChI is InChI=1S/C32H31N3O12/c1-33-11-21(30(40)41)31(42)44-15-25-27(38)28(39)29(47-35-12-17-8-9-34-23(17)13-35)32(46-25)45-19-6-7-20-24(10-19)43-14-22(26(20)37)16-2-4-18(36)5-3-16/h2-10,13-14,21,25,27-29,32-33,36,38-39H,11-12,15H2,1H3,(H,40,41). The molecule has 1 fully saturated rings. The number of carbonyl (C=O) groups is 2. The first kappa shape index (κ1) is 31.9. The first-order chi connectivity index (χ1) is 22.6. The molecule has 0 bridgehead atoms. The van der Waals surface area contributed by atoms with Crippen LogP contribution in [0.2, 0.25) is 0 Å². The van der Waals surface area contributed by atoms with E-state index in [1.807, 2.05) is 6.08 Å². The normalized spacial score (nSPS) is 24.1. The predicted molar refractivity (Wildman–Crippen MR) is 163 cm³/mol. The van der Waals surface area contributed by atoms with Crippen LogP contribution in [0.1, 0.15) is 0 Å². The third-order valence-electron chi connectivity index (χ3n) is 7.87. The molecule has 5 N–H and O–H groups in total. The number of aliphatic imine (C=N–C) groups is 1. The summed E-state index contributed by atoms with van der Waals surface area (Å²) in [5, 5.41) is 45.3. The van der Waals surface area contributed by atoms with Crippen molar-refractivity contribution in [2.45, 2.75) is 30.7 Å². The zero-order chi connectivity index (χ0) is 33.2. The molecule has 0 radical (unpaired) electrons. The van der Waals surface area contributed by atoms with Crippen molar-refractivity contribution >= 4 is 29.1 Å². The highest BCUT2D eigenvalue weighted by Crippen LogP contribution is 2.32. The van der Waals surface area contributed by atoms with Gasteiger partial charge in [0.15, 0.2) is 17.5 Å². The highest BCUT2D eigenvalue weighted by Gasteiger charge is 2.49. The van der Waals surface area contributed by atoms with Crippen LogP contribution in [0, 0.1) is 5.92 Å². The lowest BCUT2D eigenvalue weighted by atomic mass is 9.99. The number of carboxylic acid groups (broad SMARTS) is 1. The molecular formula is C32H31N3O12. The first-order valence-electron chi connectivity index (χ1n) is 14.6. The van der Waals surface area contributed by atoms with Crippen LogP contribution < -0.4 is 15.5 Å². The molecule has 0 amide bonds. The maximum atomic E-state index is 13.2. The number of aliphatic hydroxyl groups excluding tert-OH is 2. The van der Waals surface area contributed by atoms with E-state index in [0.717, 1.165) is 5.57 Å². The number of fused-ring (bicyclic) bond motifs is 2. The van der Waals surface area contributed by atoms with Crippen molar-refractivity contribution in [3.8, 4) is 22.6 Å². The van der Waals surface area contributed by atoms with Crippen LogP contribution >= 0.6 is 0 Å². The number of phenols is 1. The van der Waals surface area contributed by atoms with E-state index < -0.39 is 55.2 Å². The number of benzene rings is 2. The summed E-state index contributed by atoms with van der Waals surface area (Å²) in [6.07, 6.45) is -0.925. The van der Waals surface area contributed by atoms with E-state index in [2.05, 4.69) is 10.3 Å². The van der Waals surface area contributed by atoms with Crippen LogP contribution in [-0.4, -0.2) is 101 Å². The van der Waals surface area contributed by atoms with E-state index in [9.17, 15) is 34.8 Å². The lowest BCUT2D eigenvalue weighted by molar-refractivity contribution is -0.326. The largest absolute Gasteiger partial charge is 0.508 e. The maximum absolute atomic E-state index is 13.2. The van der Waals surface area contributed by atoms with Crippen molar-refractivity contribution in [3.63, 3.8) is 0 Å². The topological polar surface area (TPSA) is 210 Å². The monoisotopic (exact) mass is 649 g/mol. The van der Waals surface area contributed by atoms with Crippen molar-refractivity contribution in [1.29, 1.82) is 0 Å². The lowest BCUT2D eigenvalue weighted by Gasteiger charge is -2.42. The Morgan fingerprint density at radius 1 is 1.15 bits per heavy atom. The SMILES string of the molecule is CNCC(C(=O)O)C(=O)OCC1OC(Oc2ccc3c(=O)c(-c4ccc(O)cc4)coc3c2)C(ON2C=C3N=CC=C3C2)C(O)C1O. The average molecular weight is 650 g/mol. The molecule has 4 heterocycles. The summed E-state index contributed by atoms with van der Waals surface area (Å²) in [5.74, 6) is -3.76. The molecule has 47 heavy (non-hydrogen) atoms. The summed E-state index contributed by atoms with van der Waals surface area (Å²) in [4.78, 5) is 47.4. The van der Waals surface area contributed by atoms with E-state index in [0.29, 0.717) is 17.8 Å². The Labute approximate surface area is 266 Å². The molecule has 6 unspecified atom stereocenters. The van der Waals surface area contributed by atoms with E-state index >= 15 is 0 Å². The molecule has 1 saturated heterocycles. The number of carboxylic acids is 1.